The van der Waals surface area contributed by atoms with Crippen LogP contribution in [-0.4, -0.2) is 33.2 Å². The first-order valence-corrected chi connectivity index (χ1v) is 13.4. The number of aromatic amines is 1. The number of aromatic nitrogens is 2. The van der Waals surface area contributed by atoms with Crippen molar-refractivity contribution >= 4 is 44.9 Å². The number of carbonyl (C=O) groups excluding carboxylic acids is 2. The number of pyridine rings is 2. The van der Waals surface area contributed by atoms with Gasteiger partial charge in [0.25, 0.3) is 11.8 Å². The molecule has 2 amide bonds. The fraction of sp³-hybridized carbons (Fsp3) is 0.258. The highest BCUT2D eigenvalue weighted by Gasteiger charge is 2.33. The molecule has 38 heavy (non-hydrogen) atoms. The number of rotatable bonds is 9. The average Bonchev–Trinajstić information content (AvgIpc) is 3.27. The van der Waals surface area contributed by atoms with Gasteiger partial charge in [-0.2, -0.15) is 0 Å². The van der Waals surface area contributed by atoms with E-state index in [2.05, 4.69) is 27.1 Å². The second kappa shape index (κ2) is 10.2. The van der Waals surface area contributed by atoms with Gasteiger partial charge in [0.2, 0.25) is 0 Å². The largest absolute Gasteiger partial charge is 0.359 e. The summed E-state index contributed by atoms with van der Waals surface area (Å²) in [7, 11) is 0. The summed E-state index contributed by atoms with van der Waals surface area (Å²) in [6, 6.07) is 16.9. The van der Waals surface area contributed by atoms with Crippen LogP contribution >= 0.6 is 0 Å². The van der Waals surface area contributed by atoms with Crippen LogP contribution < -0.4 is 0 Å². The van der Waals surface area contributed by atoms with E-state index < -0.39 is 0 Å². The lowest BCUT2D eigenvalue weighted by Gasteiger charge is -2.27. The van der Waals surface area contributed by atoms with Crippen LogP contribution in [0.25, 0.3) is 32.9 Å². The molecule has 0 radical (unpaired) electrons. The quantitative estimate of drug-likeness (QED) is 0.125. The van der Waals surface area contributed by atoms with Crippen LogP contribution in [0.4, 0.5) is 11.4 Å². The number of unbranched alkanes of at least 4 members (excludes halogenated alkanes) is 5. The summed E-state index contributed by atoms with van der Waals surface area (Å²) in [5.74, 6) is -0.462. The first kappa shape index (κ1) is 24.0. The highest BCUT2D eigenvalue weighted by molar-refractivity contribution is 6.26. The van der Waals surface area contributed by atoms with Crippen LogP contribution in [0.2, 0.25) is 0 Å². The van der Waals surface area contributed by atoms with Gasteiger partial charge in [0, 0.05) is 51.8 Å². The molecule has 0 spiro atoms. The molecule has 3 aliphatic rings. The summed E-state index contributed by atoms with van der Waals surface area (Å²) >= 11 is 0. The maximum Gasteiger partial charge on any atom is 0.261 e. The number of H-pyrrole nitrogens is 1. The minimum Gasteiger partial charge on any atom is -0.359 e. The van der Waals surface area contributed by atoms with Crippen LogP contribution in [0.3, 0.4) is 0 Å². The third-order valence-electron chi connectivity index (χ3n) is 7.37. The summed E-state index contributed by atoms with van der Waals surface area (Å²) in [5, 5.41) is 11.6. The molecule has 1 N–H and O–H groups in total. The van der Waals surface area contributed by atoms with Gasteiger partial charge in [-0.05, 0) is 48.9 Å². The van der Waals surface area contributed by atoms with Gasteiger partial charge >= 0.3 is 0 Å². The van der Waals surface area contributed by atoms with E-state index in [9.17, 15) is 9.59 Å². The molecule has 3 heterocycles. The fourth-order valence-corrected chi connectivity index (χ4v) is 5.45. The molecule has 190 valence electrons. The Morgan fingerprint density at radius 3 is 2.42 bits per heavy atom. The minimum absolute atomic E-state index is 0.231. The molecule has 7 nitrogen and oxygen atoms in total. The highest BCUT2D eigenvalue weighted by atomic mass is 16.2. The normalized spacial score (nSPS) is 13.6. The topological polar surface area (TPSA) is 90.8 Å². The second-order valence-corrected chi connectivity index (χ2v) is 9.80. The van der Waals surface area contributed by atoms with Gasteiger partial charge in [-0.25, -0.2) is 0 Å². The Morgan fingerprint density at radius 2 is 1.55 bits per heavy atom. The number of amides is 2. The van der Waals surface area contributed by atoms with E-state index in [0.717, 1.165) is 52.5 Å². The van der Waals surface area contributed by atoms with Gasteiger partial charge < -0.3 is 4.98 Å². The molecule has 0 fully saturated rings. The lowest BCUT2D eigenvalue weighted by molar-refractivity contribution is 0.0607. The van der Waals surface area contributed by atoms with E-state index in [1.807, 2.05) is 48.7 Å². The van der Waals surface area contributed by atoms with Crippen molar-refractivity contribution in [3.05, 3.63) is 78.1 Å². The predicted molar refractivity (Wildman–Crippen MR) is 150 cm³/mol. The molecule has 7 heteroatoms. The zero-order valence-electron chi connectivity index (χ0n) is 21.4. The van der Waals surface area contributed by atoms with Crippen LogP contribution in [0.15, 0.2) is 77.2 Å². The Hall–Kier alpha value is -4.39. The van der Waals surface area contributed by atoms with Crippen molar-refractivity contribution in [3.8, 4) is 11.3 Å². The molecule has 1 aliphatic carbocycles. The average molecular weight is 504 g/mol. The van der Waals surface area contributed by atoms with E-state index in [1.54, 1.807) is 18.3 Å². The van der Waals surface area contributed by atoms with Gasteiger partial charge in [-0.3, -0.25) is 19.5 Å². The Labute approximate surface area is 220 Å². The maximum absolute atomic E-state index is 13.4. The number of nitrogens with zero attached hydrogens (tertiary/aromatic N) is 4. The zero-order chi connectivity index (χ0) is 26.1. The van der Waals surface area contributed by atoms with Crippen LogP contribution in [0.1, 0.15) is 66.2 Å². The molecule has 1 aromatic heterocycles. The molecule has 2 aromatic carbocycles. The SMILES string of the molecule is CCCCCCCCN1C(=O)c2cccc3c(N=Nc4c5ccc[nH]c-5c5ncccc45)ccc(c23)C1=O. The number of fused-ring (bicyclic) bond motifs is 3. The van der Waals surface area contributed by atoms with Gasteiger partial charge in [-0.1, -0.05) is 51.2 Å². The number of carbonyl (C=O) groups is 2. The molecule has 0 unspecified atom stereocenters. The van der Waals surface area contributed by atoms with E-state index in [4.69, 9.17) is 0 Å². The Morgan fingerprint density at radius 1 is 0.789 bits per heavy atom. The smallest absolute Gasteiger partial charge is 0.261 e. The molecule has 0 bridgehead atoms. The van der Waals surface area contributed by atoms with Crippen molar-refractivity contribution in [1.82, 2.24) is 14.9 Å². The summed E-state index contributed by atoms with van der Waals surface area (Å²) in [6.07, 6.45) is 10.2. The maximum atomic E-state index is 13.4. The van der Waals surface area contributed by atoms with E-state index in [1.165, 1.54) is 24.2 Å². The third kappa shape index (κ3) is 4.04. The van der Waals surface area contributed by atoms with Gasteiger partial charge in [-0.15, -0.1) is 10.2 Å². The third-order valence-corrected chi connectivity index (χ3v) is 7.37. The van der Waals surface area contributed by atoms with E-state index in [-0.39, 0.29) is 11.8 Å². The standard InChI is InChI=1S/C31H29N5O2/c1-2-3-4-5-6-7-19-36-30(37)21-12-8-11-20-25(16-15-22(26(20)21)31(36)38)34-35-27-23-13-9-17-32-28(23)29-24(27)14-10-18-33-29/h8-18,32H,2-7,19H2,1H3. The van der Waals surface area contributed by atoms with Crippen molar-refractivity contribution in [2.75, 3.05) is 6.54 Å². The zero-order valence-corrected chi connectivity index (χ0v) is 21.4. The van der Waals surface area contributed by atoms with E-state index in [0.29, 0.717) is 28.7 Å². The Kier molecular flexibility index (Phi) is 6.42. The monoisotopic (exact) mass is 503 g/mol. The predicted octanol–water partition coefficient (Wildman–Crippen LogP) is 8.19. The molecule has 3 aromatic rings. The lowest BCUT2D eigenvalue weighted by Crippen LogP contribution is -2.40. The summed E-state index contributed by atoms with van der Waals surface area (Å²) < 4.78 is 0. The molecule has 6 rings (SSSR count). The molecule has 0 saturated heterocycles. The van der Waals surface area contributed by atoms with Crippen LogP contribution in [0, 0.1) is 0 Å². The molecular weight excluding hydrogens is 474 g/mol. The van der Waals surface area contributed by atoms with Crippen LogP contribution in [0.5, 0.6) is 0 Å². The number of hydrogen-bond acceptors (Lipinski definition) is 5. The van der Waals surface area contributed by atoms with Crippen molar-refractivity contribution in [3.63, 3.8) is 0 Å². The van der Waals surface area contributed by atoms with Gasteiger partial charge in [0.15, 0.2) is 0 Å². The van der Waals surface area contributed by atoms with Crippen molar-refractivity contribution < 1.29 is 9.59 Å². The van der Waals surface area contributed by atoms with Gasteiger partial charge in [0.05, 0.1) is 16.9 Å². The summed E-state index contributed by atoms with van der Waals surface area (Å²) in [4.78, 5) is 35.9. The number of imide groups is 1. The summed E-state index contributed by atoms with van der Waals surface area (Å²) in [5.41, 5.74) is 5.13. The highest BCUT2D eigenvalue weighted by Crippen LogP contribution is 2.43. The summed E-state index contributed by atoms with van der Waals surface area (Å²) in [6.45, 7) is 2.64. The minimum atomic E-state index is -0.231. The Bertz CT molecular complexity index is 1650. The fourth-order valence-electron chi connectivity index (χ4n) is 5.45. The van der Waals surface area contributed by atoms with Gasteiger partial charge in [0.1, 0.15) is 5.69 Å². The first-order valence-electron chi connectivity index (χ1n) is 13.4. The molecule has 0 atom stereocenters. The second-order valence-electron chi connectivity index (χ2n) is 9.80. The van der Waals surface area contributed by atoms with Crippen molar-refractivity contribution in [2.24, 2.45) is 10.2 Å². The first-order chi connectivity index (χ1) is 18.7. The van der Waals surface area contributed by atoms with Crippen molar-refractivity contribution in [1.29, 1.82) is 0 Å². The van der Waals surface area contributed by atoms with E-state index >= 15 is 0 Å². The number of benzene rings is 2. The van der Waals surface area contributed by atoms with Crippen LogP contribution in [-0.2, 0) is 0 Å². The number of azo groups is 1. The molecule has 0 saturated carbocycles. The molecular formula is C31H29N5O2. The number of nitrogens with one attached hydrogen (secondary N) is 1. The number of hydrogen-bond donors (Lipinski definition) is 1. The lowest BCUT2D eigenvalue weighted by atomic mass is 9.93. The Balaban J connectivity index is 1.33. The van der Waals surface area contributed by atoms with Crippen molar-refractivity contribution in [2.45, 2.75) is 45.4 Å². The molecule has 2 aliphatic heterocycles.